The molecule has 0 radical (unpaired) electrons. The van der Waals surface area contributed by atoms with Crippen molar-refractivity contribution in [3.8, 4) is 5.75 Å². The van der Waals surface area contributed by atoms with E-state index < -0.39 is 22.7 Å². The number of benzene rings is 3. The molecule has 1 atom stereocenters. The third-order valence-corrected chi connectivity index (χ3v) is 7.30. The van der Waals surface area contributed by atoms with Gasteiger partial charge in [0.25, 0.3) is 11.5 Å². The lowest BCUT2D eigenvalue weighted by Crippen LogP contribution is -2.29. The number of fused-ring (bicyclic) bond motifs is 1. The van der Waals surface area contributed by atoms with E-state index in [1.165, 1.54) is 47.6 Å². The van der Waals surface area contributed by atoms with Crippen LogP contribution >= 0.6 is 11.3 Å². The summed E-state index contributed by atoms with van der Waals surface area (Å²) in [5.74, 6) is -1.51. The van der Waals surface area contributed by atoms with E-state index in [0.29, 0.717) is 27.5 Å². The molecule has 1 N–H and O–H groups in total. The highest BCUT2D eigenvalue weighted by atomic mass is 32.1. The summed E-state index contributed by atoms with van der Waals surface area (Å²) in [6.45, 7) is 2.04. The van der Waals surface area contributed by atoms with E-state index in [9.17, 15) is 24.8 Å². The monoisotopic (exact) mass is 515 g/mol. The van der Waals surface area contributed by atoms with Crippen LogP contribution in [0.4, 0.5) is 10.8 Å². The van der Waals surface area contributed by atoms with Crippen LogP contribution in [0.5, 0.6) is 5.75 Å². The first-order valence-corrected chi connectivity index (χ1v) is 12.2. The molecule has 37 heavy (non-hydrogen) atoms. The number of aliphatic hydroxyl groups excluding tert-OH is 1. The van der Waals surface area contributed by atoms with Crippen LogP contribution in [0.25, 0.3) is 16.0 Å². The fourth-order valence-corrected chi connectivity index (χ4v) is 5.36. The second-order valence-electron chi connectivity index (χ2n) is 8.40. The van der Waals surface area contributed by atoms with Crippen LogP contribution in [-0.2, 0) is 16.0 Å². The molecule has 9 nitrogen and oxygen atoms in total. The molecule has 1 amide bonds. The number of amides is 1. The van der Waals surface area contributed by atoms with Crippen molar-refractivity contribution in [2.75, 3.05) is 12.0 Å². The standard InChI is InChI=1S/C27H21N3O6S/c1-3-15-4-13-20-21(14-15)37-27(28-20)29-23(16-5-9-18(10-6-16)30(34)35)22(25(32)26(29)33)24(31)17-7-11-19(36-2)12-8-17/h4-14,23,31H,3H2,1-2H3/b24-22+/t23-/m0/s1. The van der Waals surface area contributed by atoms with Crippen LogP contribution in [0.15, 0.2) is 72.3 Å². The number of nitro groups is 1. The van der Waals surface area contributed by atoms with Gasteiger partial charge in [0.05, 0.1) is 33.9 Å². The Hall–Kier alpha value is -4.57. The minimum atomic E-state index is -1.03. The number of aromatic nitrogens is 1. The zero-order valence-electron chi connectivity index (χ0n) is 19.9. The SMILES string of the molecule is CCc1ccc2nc(N3C(=O)C(=O)/C(=C(/O)c4ccc(OC)cc4)[C@@H]3c3ccc([N+](=O)[O-])cc3)sc2c1. The number of nitro benzene ring substituents is 1. The quantitative estimate of drug-likeness (QED) is 0.120. The van der Waals surface area contributed by atoms with E-state index in [4.69, 9.17) is 4.74 Å². The average Bonchev–Trinajstić information content (AvgIpc) is 3.45. The Morgan fingerprint density at radius 3 is 2.43 bits per heavy atom. The number of carbonyl (C=O) groups excluding carboxylic acids is 2. The number of aliphatic hydroxyl groups is 1. The lowest BCUT2D eigenvalue weighted by molar-refractivity contribution is -0.384. The zero-order valence-corrected chi connectivity index (χ0v) is 20.7. The maximum Gasteiger partial charge on any atom is 0.301 e. The van der Waals surface area contributed by atoms with Crippen LogP contribution in [-0.4, -0.2) is 33.8 Å². The Kier molecular flexibility index (Phi) is 6.18. The van der Waals surface area contributed by atoms with Gasteiger partial charge in [-0.15, -0.1) is 0 Å². The average molecular weight is 516 g/mol. The Bertz CT molecular complexity index is 1570. The molecule has 1 aromatic heterocycles. The molecule has 5 rings (SSSR count). The normalized spacial score (nSPS) is 16.9. The Labute approximate surface area is 215 Å². The molecule has 2 heterocycles. The van der Waals surface area contributed by atoms with Crippen molar-refractivity contribution in [1.29, 1.82) is 0 Å². The van der Waals surface area contributed by atoms with Crippen LogP contribution in [0.1, 0.15) is 29.7 Å². The van der Waals surface area contributed by atoms with Crippen molar-refractivity contribution in [2.24, 2.45) is 0 Å². The number of methoxy groups -OCH3 is 1. The van der Waals surface area contributed by atoms with E-state index in [1.807, 2.05) is 25.1 Å². The molecular formula is C27H21N3O6S. The Morgan fingerprint density at radius 1 is 1.11 bits per heavy atom. The summed E-state index contributed by atoms with van der Waals surface area (Å²) >= 11 is 1.26. The molecule has 0 unspecified atom stereocenters. The number of non-ortho nitro benzene ring substituents is 1. The molecule has 1 fully saturated rings. The third kappa shape index (κ3) is 4.21. The summed E-state index contributed by atoms with van der Waals surface area (Å²) in [6, 6.07) is 16.8. The predicted molar refractivity (Wildman–Crippen MR) is 140 cm³/mol. The van der Waals surface area contributed by atoms with Crippen molar-refractivity contribution < 1.29 is 24.4 Å². The number of ether oxygens (including phenoxy) is 1. The van der Waals surface area contributed by atoms with Crippen molar-refractivity contribution >= 4 is 49.8 Å². The van der Waals surface area contributed by atoms with Gasteiger partial charge in [0.2, 0.25) is 0 Å². The summed E-state index contributed by atoms with van der Waals surface area (Å²) in [6.07, 6.45) is 0.832. The summed E-state index contributed by atoms with van der Waals surface area (Å²) in [4.78, 5) is 43.3. The topological polar surface area (TPSA) is 123 Å². The largest absolute Gasteiger partial charge is 0.507 e. The molecule has 0 bridgehead atoms. The van der Waals surface area contributed by atoms with E-state index in [2.05, 4.69) is 4.98 Å². The first-order valence-electron chi connectivity index (χ1n) is 11.4. The van der Waals surface area contributed by atoms with E-state index in [-0.39, 0.29) is 17.0 Å². The van der Waals surface area contributed by atoms with Gasteiger partial charge in [0, 0.05) is 17.7 Å². The second-order valence-corrected chi connectivity index (χ2v) is 9.41. The Morgan fingerprint density at radius 2 is 1.81 bits per heavy atom. The van der Waals surface area contributed by atoms with Gasteiger partial charge in [-0.3, -0.25) is 24.6 Å². The number of carbonyl (C=O) groups is 2. The summed E-state index contributed by atoms with van der Waals surface area (Å²) in [5, 5.41) is 22.7. The number of Topliss-reactive ketones (excluding diaryl/α,β-unsaturated/α-hetero) is 1. The molecular weight excluding hydrogens is 494 g/mol. The van der Waals surface area contributed by atoms with Crippen molar-refractivity contribution in [2.45, 2.75) is 19.4 Å². The fraction of sp³-hybridized carbons (Fsp3) is 0.148. The molecule has 186 valence electrons. The second kappa shape index (κ2) is 9.47. The number of hydrogen-bond donors (Lipinski definition) is 1. The number of ketones is 1. The van der Waals surface area contributed by atoms with Crippen LogP contribution < -0.4 is 9.64 Å². The van der Waals surface area contributed by atoms with Gasteiger partial charge in [-0.25, -0.2) is 4.98 Å². The minimum Gasteiger partial charge on any atom is -0.507 e. The van der Waals surface area contributed by atoms with E-state index in [0.717, 1.165) is 16.7 Å². The molecule has 10 heteroatoms. The highest BCUT2D eigenvalue weighted by Crippen LogP contribution is 2.44. The van der Waals surface area contributed by atoms with Crippen LogP contribution in [0.3, 0.4) is 0 Å². The predicted octanol–water partition coefficient (Wildman–Crippen LogP) is 5.40. The molecule has 0 saturated carbocycles. The molecule has 1 aliphatic heterocycles. The van der Waals surface area contributed by atoms with Crippen LogP contribution in [0, 0.1) is 10.1 Å². The molecule has 0 spiro atoms. The molecule has 4 aromatic rings. The van der Waals surface area contributed by atoms with Gasteiger partial charge >= 0.3 is 5.91 Å². The van der Waals surface area contributed by atoms with Gasteiger partial charge < -0.3 is 9.84 Å². The summed E-state index contributed by atoms with van der Waals surface area (Å²) in [7, 11) is 1.51. The number of thiazole rings is 1. The van der Waals surface area contributed by atoms with Crippen molar-refractivity contribution in [3.05, 3.63) is 99.1 Å². The lowest BCUT2D eigenvalue weighted by atomic mass is 9.95. The van der Waals surface area contributed by atoms with Gasteiger partial charge in [-0.2, -0.15) is 0 Å². The first kappa shape index (κ1) is 24.1. The Balaban J connectivity index is 1.70. The summed E-state index contributed by atoms with van der Waals surface area (Å²) < 4.78 is 6.02. The number of hydrogen-bond acceptors (Lipinski definition) is 8. The van der Waals surface area contributed by atoms with Gasteiger partial charge in [-0.05, 0) is 66.1 Å². The van der Waals surface area contributed by atoms with Crippen molar-refractivity contribution in [1.82, 2.24) is 4.98 Å². The number of anilines is 1. The molecule has 1 aliphatic rings. The molecule has 1 saturated heterocycles. The number of rotatable bonds is 6. The zero-order chi connectivity index (χ0) is 26.3. The smallest absolute Gasteiger partial charge is 0.301 e. The minimum absolute atomic E-state index is 0.127. The maximum atomic E-state index is 13.4. The first-order chi connectivity index (χ1) is 17.8. The summed E-state index contributed by atoms with van der Waals surface area (Å²) in [5.41, 5.74) is 2.27. The van der Waals surface area contributed by atoms with E-state index in [1.54, 1.807) is 24.3 Å². The van der Waals surface area contributed by atoms with Gasteiger partial charge in [-0.1, -0.05) is 24.3 Å². The number of aryl methyl sites for hydroxylation is 1. The van der Waals surface area contributed by atoms with E-state index >= 15 is 0 Å². The van der Waals surface area contributed by atoms with Crippen LogP contribution in [0.2, 0.25) is 0 Å². The highest BCUT2D eigenvalue weighted by molar-refractivity contribution is 7.22. The third-order valence-electron chi connectivity index (χ3n) is 6.28. The molecule has 0 aliphatic carbocycles. The maximum absolute atomic E-state index is 13.4. The molecule has 3 aromatic carbocycles. The van der Waals surface area contributed by atoms with Gasteiger partial charge in [0.1, 0.15) is 11.5 Å². The number of nitrogens with zero attached hydrogens (tertiary/aromatic N) is 3. The van der Waals surface area contributed by atoms with Gasteiger partial charge in [0.15, 0.2) is 5.13 Å². The highest BCUT2D eigenvalue weighted by Gasteiger charge is 2.48. The fourth-order valence-electron chi connectivity index (χ4n) is 4.31. The lowest BCUT2D eigenvalue weighted by Gasteiger charge is -2.22. The van der Waals surface area contributed by atoms with Crippen molar-refractivity contribution in [3.63, 3.8) is 0 Å².